The lowest BCUT2D eigenvalue weighted by Gasteiger charge is -2.11. The largest absolute Gasteiger partial charge is 0.325 e. The van der Waals surface area contributed by atoms with Gasteiger partial charge in [0.05, 0.1) is 15.7 Å². The summed E-state index contributed by atoms with van der Waals surface area (Å²) in [5.74, 6) is -0.877. The maximum atomic E-state index is 12.0. The number of carbonyl (C=O) groups excluding carboxylic acids is 2. The molecular weight excluding hydrogens is 335 g/mol. The summed E-state index contributed by atoms with van der Waals surface area (Å²) in [6, 6.07) is 12.4. The number of rotatable bonds is 5. The first-order valence-corrected chi connectivity index (χ1v) is 7.88. The van der Waals surface area contributed by atoms with Gasteiger partial charge in [0.15, 0.2) is 0 Å². The third-order valence-electron chi connectivity index (χ3n) is 3.22. The maximum absolute atomic E-state index is 12.0. The Morgan fingerprint density at radius 1 is 0.913 bits per heavy atom. The van der Waals surface area contributed by atoms with Crippen LogP contribution in [0.15, 0.2) is 42.5 Å². The molecule has 0 atom stereocenters. The number of amides is 2. The summed E-state index contributed by atoms with van der Waals surface area (Å²) in [7, 11) is 0. The minimum absolute atomic E-state index is 0.308. The molecule has 6 heteroatoms. The van der Waals surface area contributed by atoms with Crippen molar-refractivity contribution in [1.82, 2.24) is 0 Å². The highest BCUT2D eigenvalue weighted by Crippen LogP contribution is 2.29. The normalized spacial score (nSPS) is 10.2. The van der Waals surface area contributed by atoms with E-state index in [1.165, 1.54) is 0 Å². The van der Waals surface area contributed by atoms with Crippen molar-refractivity contribution in [3.8, 4) is 0 Å². The zero-order valence-electron chi connectivity index (χ0n) is 12.5. The van der Waals surface area contributed by atoms with Crippen molar-refractivity contribution in [2.75, 3.05) is 10.6 Å². The predicted molar refractivity (Wildman–Crippen MR) is 94.2 cm³/mol. The molecule has 0 radical (unpaired) electrons. The molecular formula is C17H16Cl2N2O2. The third-order valence-corrected chi connectivity index (χ3v) is 3.85. The van der Waals surface area contributed by atoms with Crippen LogP contribution in [-0.2, 0) is 16.0 Å². The van der Waals surface area contributed by atoms with E-state index < -0.39 is 11.8 Å². The van der Waals surface area contributed by atoms with Gasteiger partial charge in [0.1, 0.15) is 6.42 Å². The lowest BCUT2D eigenvalue weighted by atomic mass is 10.1. The fourth-order valence-electron chi connectivity index (χ4n) is 2.09. The number of hydrogen-bond acceptors (Lipinski definition) is 2. The average molecular weight is 351 g/mol. The number of anilines is 2. The Hall–Kier alpha value is -2.04. The predicted octanol–water partition coefficient (Wildman–Crippen LogP) is 4.52. The van der Waals surface area contributed by atoms with Crippen LogP contribution in [0.25, 0.3) is 0 Å². The van der Waals surface area contributed by atoms with E-state index in [1.54, 1.807) is 24.3 Å². The van der Waals surface area contributed by atoms with Crippen LogP contribution in [-0.4, -0.2) is 11.8 Å². The number of hydrogen-bond donors (Lipinski definition) is 2. The van der Waals surface area contributed by atoms with Crippen molar-refractivity contribution < 1.29 is 9.59 Å². The third kappa shape index (κ3) is 4.71. The van der Waals surface area contributed by atoms with Gasteiger partial charge >= 0.3 is 0 Å². The van der Waals surface area contributed by atoms with Crippen LogP contribution >= 0.6 is 23.2 Å². The van der Waals surface area contributed by atoms with Crippen molar-refractivity contribution in [2.45, 2.75) is 19.8 Å². The molecule has 0 aliphatic heterocycles. The highest BCUT2D eigenvalue weighted by Gasteiger charge is 2.14. The molecule has 0 fully saturated rings. The van der Waals surface area contributed by atoms with E-state index in [-0.39, 0.29) is 6.42 Å². The van der Waals surface area contributed by atoms with Crippen LogP contribution in [0.1, 0.15) is 18.9 Å². The molecule has 2 aromatic carbocycles. The minimum atomic E-state index is -0.480. The molecule has 0 bridgehead atoms. The SMILES string of the molecule is CCc1ccccc1NC(=O)CC(=O)Nc1c(Cl)cccc1Cl. The van der Waals surface area contributed by atoms with Gasteiger partial charge in [-0.05, 0) is 30.2 Å². The van der Waals surface area contributed by atoms with Gasteiger partial charge in [0, 0.05) is 5.69 Å². The molecule has 2 amide bonds. The van der Waals surface area contributed by atoms with Gasteiger partial charge in [-0.2, -0.15) is 0 Å². The Kier molecular flexibility index (Phi) is 6.02. The Balaban J connectivity index is 1.99. The molecule has 0 heterocycles. The zero-order valence-corrected chi connectivity index (χ0v) is 14.0. The fourth-order valence-corrected chi connectivity index (χ4v) is 2.58. The zero-order chi connectivity index (χ0) is 16.8. The van der Waals surface area contributed by atoms with Crippen molar-refractivity contribution >= 4 is 46.4 Å². The number of halogens is 2. The summed E-state index contributed by atoms with van der Waals surface area (Å²) < 4.78 is 0. The van der Waals surface area contributed by atoms with E-state index in [1.807, 2.05) is 25.1 Å². The van der Waals surface area contributed by atoms with E-state index in [0.717, 1.165) is 12.0 Å². The van der Waals surface area contributed by atoms with E-state index in [9.17, 15) is 9.59 Å². The second kappa shape index (κ2) is 7.99. The average Bonchev–Trinajstić information content (AvgIpc) is 2.51. The molecule has 0 saturated heterocycles. The lowest BCUT2D eigenvalue weighted by molar-refractivity contribution is -0.123. The highest BCUT2D eigenvalue weighted by atomic mass is 35.5. The van der Waals surface area contributed by atoms with E-state index in [2.05, 4.69) is 10.6 Å². The standard InChI is InChI=1S/C17H16Cl2N2O2/c1-2-11-6-3-4-9-14(11)20-15(22)10-16(23)21-17-12(18)7-5-8-13(17)19/h3-9H,2,10H2,1H3,(H,20,22)(H,21,23). The van der Waals surface area contributed by atoms with Crippen LogP contribution in [0.2, 0.25) is 10.0 Å². The van der Waals surface area contributed by atoms with Crippen LogP contribution in [0.4, 0.5) is 11.4 Å². The molecule has 0 aromatic heterocycles. The molecule has 2 rings (SSSR count). The molecule has 23 heavy (non-hydrogen) atoms. The number of carbonyl (C=O) groups is 2. The number of benzene rings is 2. The first-order valence-electron chi connectivity index (χ1n) is 7.13. The van der Waals surface area contributed by atoms with Crippen LogP contribution in [0, 0.1) is 0 Å². The molecule has 0 aliphatic carbocycles. The smallest absolute Gasteiger partial charge is 0.233 e. The van der Waals surface area contributed by atoms with Crippen LogP contribution in [0.3, 0.4) is 0 Å². The van der Waals surface area contributed by atoms with Crippen LogP contribution < -0.4 is 10.6 Å². The molecule has 2 N–H and O–H groups in total. The number of para-hydroxylation sites is 2. The van der Waals surface area contributed by atoms with Gasteiger partial charge < -0.3 is 10.6 Å². The van der Waals surface area contributed by atoms with Gasteiger partial charge in [-0.15, -0.1) is 0 Å². The fraction of sp³-hybridized carbons (Fsp3) is 0.176. The summed E-state index contributed by atoms with van der Waals surface area (Å²) in [5, 5.41) is 5.95. The first-order chi connectivity index (χ1) is 11.0. The van der Waals surface area contributed by atoms with Crippen molar-refractivity contribution in [2.24, 2.45) is 0 Å². The molecule has 2 aromatic rings. The summed E-state index contributed by atoms with van der Waals surface area (Å²) in [6.07, 6.45) is 0.470. The molecule has 0 spiro atoms. The molecule has 0 saturated carbocycles. The van der Waals surface area contributed by atoms with Gasteiger partial charge in [-0.1, -0.05) is 54.4 Å². The second-order valence-electron chi connectivity index (χ2n) is 4.88. The molecule has 4 nitrogen and oxygen atoms in total. The summed E-state index contributed by atoms with van der Waals surface area (Å²) in [4.78, 5) is 24.0. The van der Waals surface area contributed by atoms with Gasteiger partial charge in [-0.3, -0.25) is 9.59 Å². The van der Waals surface area contributed by atoms with Crippen molar-refractivity contribution in [3.63, 3.8) is 0 Å². The van der Waals surface area contributed by atoms with Crippen LogP contribution in [0.5, 0.6) is 0 Å². The maximum Gasteiger partial charge on any atom is 0.233 e. The van der Waals surface area contributed by atoms with E-state index in [0.29, 0.717) is 21.4 Å². The van der Waals surface area contributed by atoms with E-state index >= 15 is 0 Å². The Bertz CT molecular complexity index is 712. The van der Waals surface area contributed by atoms with Crippen molar-refractivity contribution in [1.29, 1.82) is 0 Å². The highest BCUT2D eigenvalue weighted by molar-refractivity contribution is 6.39. The first kappa shape index (κ1) is 17.3. The molecule has 0 aliphatic rings. The lowest BCUT2D eigenvalue weighted by Crippen LogP contribution is -2.22. The number of nitrogens with one attached hydrogen (secondary N) is 2. The topological polar surface area (TPSA) is 58.2 Å². The van der Waals surface area contributed by atoms with Gasteiger partial charge in [0.25, 0.3) is 0 Å². The minimum Gasteiger partial charge on any atom is -0.325 e. The quantitative estimate of drug-likeness (QED) is 0.778. The summed E-state index contributed by atoms with van der Waals surface area (Å²) in [5.41, 5.74) is 2.03. The second-order valence-corrected chi connectivity index (χ2v) is 5.69. The monoisotopic (exact) mass is 350 g/mol. The Morgan fingerprint density at radius 3 is 2.17 bits per heavy atom. The Labute approximate surface area is 144 Å². The van der Waals surface area contributed by atoms with Gasteiger partial charge in [-0.25, -0.2) is 0 Å². The summed E-state index contributed by atoms with van der Waals surface area (Å²) >= 11 is 12.0. The number of aryl methyl sites for hydroxylation is 1. The van der Waals surface area contributed by atoms with E-state index in [4.69, 9.17) is 23.2 Å². The van der Waals surface area contributed by atoms with Crippen molar-refractivity contribution in [3.05, 3.63) is 58.1 Å². The summed E-state index contributed by atoms with van der Waals surface area (Å²) in [6.45, 7) is 2.00. The van der Waals surface area contributed by atoms with Gasteiger partial charge in [0.2, 0.25) is 11.8 Å². The Morgan fingerprint density at radius 2 is 1.52 bits per heavy atom. The molecule has 0 unspecified atom stereocenters. The molecule has 120 valence electrons.